The van der Waals surface area contributed by atoms with Crippen molar-refractivity contribution in [3.05, 3.63) is 29.6 Å². The van der Waals surface area contributed by atoms with Crippen LogP contribution in [0.4, 0.5) is 4.39 Å². The highest BCUT2D eigenvalue weighted by molar-refractivity contribution is 5.27. The van der Waals surface area contributed by atoms with Crippen LogP contribution in [0.2, 0.25) is 0 Å². The first kappa shape index (κ1) is 12.3. The van der Waals surface area contributed by atoms with Gasteiger partial charge in [-0.3, -0.25) is 4.90 Å². The van der Waals surface area contributed by atoms with Gasteiger partial charge in [-0.25, -0.2) is 4.39 Å². The number of rotatable bonds is 3. The van der Waals surface area contributed by atoms with Gasteiger partial charge in [-0.15, -0.1) is 0 Å². The maximum atomic E-state index is 13.2. The molecule has 94 valence electrons. The molecule has 1 heterocycles. The molecule has 1 aromatic carbocycles. The zero-order chi connectivity index (χ0) is 12.4. The molecule has 0 aliphatic carbocycles. The van der Waals surface area contributed by atoms with Crippen molar-refractivity contribution in [3.8, 4) is 5.75 Å². The van der Waals surface area contributed by atoms with E-state index in [4.69, 9.17) is 9.84 Å². The summed E-state index contributed by atoms with van der Waals surface area (Å²) in [5, 5.41) is 9.12. The Bertz CT molecular complexity index is 397. The van der Waals surface area contributed by atoms with Crippen molar-refractivity contribution in [1.82, 2.24) is 4.90 Å². The third-order valence-corrected chi connectivity index (χ3v) is 3.35. The zero-order valence-corrected chi connectivity index (χ0v) is 10.2. The van der Waals surface area contributed by atoms with Crippen molar-refractivity contribution in [2.24, 2.45) is 0 Å². The van der Waals surface area contributed by atoms with Crippen LogP contribution in [0.15, 0.2) is 18.2 Å². The third kappa shape index (κ3) is 2.76. The fraction of sp³-hybridized carbons (Fsp3) is 0.538. The number of phenols is 1. The molecule has 0 amide bonds. The highest BCUT2D eigenvalue weighted by atomic mass is 19.1. The molecule has 2 unspecified atom stereocenters. The van der Waals surface area contributed by atoms with Crippen LogP contribution in [0.5, 0.6) is 5.75 Å². The SMILES string of the molecule is CC1OCCC1N(C)Cc1ccc(O)c(F)c1. The number of aromatic hydroxyl groups is 1. The minimum absolute atomic E-state index is 0.224. The molecular formula is C13H18FNO2. The van der Waals surface area contributed by atoms with Crippen molar-refractivity contribution in [2.75, 3.05) is 13.7 Å². The summed E-state index contributed by atoms with van der Waals surface area (Å²) in [6, 6.07) is 4.90. The van der Waals surface area contributed by atoms with Crippen molar-refractivity contribution < 1.29 is 14.2 Å². The van der Waals surface area contributed by atoms with Crippen LogP contribution in [0, 0.1) is 5.82 Å². The van der Waals surface area contributed by atoms with Crippen LogP contribution in [-0.2, 0) is 11.3 Å². The van der Waals surface area contributed by atoms with Gasteiger partial charge in [0.25, 0.3) is 0 Å². The maximum Gasteiger partial charge on any atom is 0.165 e. The molecular weight excluding hydrogens is 221 g/mol. The standard InChI is InChI=1S/C13H18FNO2/c1-9-12(5-6-17-9)15(2)8-10-3-4-13(16)11(14)7-10/h3-4,7,9,12,16H,5-6,8H2,1-2H3. The summed E-state index contributed by atoms with van der Waals surface area (Å²) in [6.45, 7) is 3.52. The molecule has 3 nitrogen and oxygen atoms in total. The van der Waals surface area contributed by atoms with E-state index in [1.54, 1.807) is 6.07 Å². The summed E-state index contributed by atoms with van der Waals surface area (Å²) in [6.07, 6.45) is 1.24. The van der Waals surface area contributed by atoms with Gasteiger partial charge >= 0.3 is 0 Å². The Hall–Kier alpha value is -1.13. The molecule has 2 rings (SSSR count). The van der Waals surface area contributed by atoms with Crippen LogP contribution >= 0.6 is 0 Å². The molecule has 0 aromatic heterocycles. The van der Waals surface area contributed by atoms with Gasteiger partial charge in [0, 0.05) is 19.2 Å². The first-order chi connectivity index (χ1) is 8.08. The Morgan fingerprint density at radius 1 is 1.53 bits per heavy atom. The average molecular weight is 239 g/mol. The van der Waals surface area contributed by atoms with E-state index in [1.165, 1.54) is 12.1 Å². The van der Waals surface area contributed by atoms with E-state index in [-0.39, 0.29) is 11.9 Å². The maximum absolute atomic E-state index is 13.2. The molecule has 0 bridgehead atoms. The predicted octanol–water partition coefficient (Wildman–Crippen LogP) is 2.14. The van der Waals surface area contributed by atoms with E-state index >= 15 is 0 Å². The second-order valence-corrected chi connectivity index (χ2v) is 4.63. The number of likely N-dealkylation sites (N-methyl/N-ethyl adjacent to an activating group) is 1. The second-order valence-electron chi connectivity index (χ2n) is 4.63. The fourth-order valence-electron chi connectivity index (χ4n) is 2.35. The first-order valence-corrected chi connectivity index (χ1v) is 5.87. The quantitative estimate of drug-likeness (QED) is 0.877. The predicted molar refractivity (Wildman–Crippen MR) is 63.4 cm³/mol. The molecule has 1 aromatic rings. The summed E-state index contributed by atoms with van der Waals surface area (Å²) in [5.41, 5.74) is 0.863. The topological polar surface area (TPSA) is 32.7 Å². The van der Waals surface area contributed by atoms with Crippen LogP contribution < -0.4 is 0 Å². The van der Waals surface area contributed by atoms with Crippen LogP contribution in [-0.4, -0.2) is 35.8 Å². The lowest BCUT2D eigenvalue weighted by Crippen LogP contribution is -2.36. The van der Waals surface area contributed by atoms with E-state index in [0.717, 1.165) is 18.6 Å². The summed E-state index contributed by atoms with van der Waals surface area (Å²) >= 11 is 0. The molecule has 1 fully saturated rings. The van der Waals surface area contributed by atoms with Crippen molar-refractivity contribution in [1.29, 1.82) is 0 Å². The smallest absolute Gasteiger partial charge is 0.165 e. The number of benzene rings is 1. The lowest BCUT2D eigenvalue weighted by molar-refractivity contribution is 0.0814. The highest BCUT2D eigenvalue weighted by Crippen LogP contribution is 2.22. The average Bonchev–Trinajstić information content (AvgIpc) is 2.70. The Morgan fingerprint density at radius 3 is 2.88 bits per heavy atom. The van der Waals surface area contributed by atoms with E-state index in [2.05, 4.69) is 11.8 Å². The van der Waals surface area contributed by atoms with Gasteiger partial charge in [-0.05, 0) is 38.1 Å². The van der Waals surface area contributed by atoms with Gasteiger partial charge in [0.15, 0.2) is 11.6 Å². The van der Waals surface area contributed by atoms with E-state index < -0.39 is 5.82 Å². The number of hydrogen-bond acceptors (Lipinski definition) is 3. The molecule has 1 N–H and O–H groups in total. The van der Waals surface area contributed by atoms with E-state index in [9.17, 15) is 4.39 Å². The van der Waals surface area contributed by atoms with Gasteiger partial charge in [-0.2, -0.15) is 0 Å². The minimum Gasteiger partial charge on any atom is -0.505 e. The highest BCUT2D eigenvalue weighted by Gasteiger charge is 2.27. The van der Waals surface area contributed by atoms with E-state index in [0.29, 0.717) is 12.6 Å². The molecule has 4 heteroatoms. The number of phenolic OH excluding ortho intramolecular Hbond substituents is 1. The Kier molecular flexibility index (Phi) is 3.64. The molecule has 17 heavy (non-hydrogen) atoms. The zero-order valence-electron chi connectivity index (χ0n) is 10.2. The summed E-state index contributed by atoms with van der Waals surface area (Å²) in [7, 11) is 2.01. The normalized spacial score (nSPS) is 24.5. The first-order valence-electron chi connectivity index (χ1n) is 5.87. The molecule has 1 saturated heterocycles. The Labute approximate surface area is 101 Å². The van der Waals surface area contributed by atoms with Gasteiger partial charge < -0.3 is 9.84 Å². The van der Waals surface area contributed by atoms with Crippen molar-refractivity contribution >= 4 is 0 Å². The number of nitrogens with zero attached hydrogens (tertiary/aromatic N) is 1. The molecule has 0 spiro atoms. The van der Waals surface area contributed by atoms with Crippen molar-refractivity contribution in [2.45, 2.75) is 32.0 Å². The molecule has 0 saturated carbocycles. The molecule has 2 atom stereocenters. The Morgan fingerprint density at radius 2 is 2.29 bits per heavy atom. The number of halogens is 1. The third-order valence-electron chi connectivity index (χ3n) is 3.35. The van der Waals surface area contributed by atoms with Crippen molar-refractivity contribution in [3.63, 3.8) is 0 Å². The summed E-state index contributed by atoms with van der Waals surface area (Å²) in [5.74, 6) is -0.861. The number of ether oxygens (including phenoxy) is 1. The lowest BCUT2D eigenvalue weighted by Gasteiger charge is -2.26. The lowest BCUT2D eigenvalue weighted by atomic mass is 10.1. The van der Waals surface area contributed by atoms with Gasteiger partial charge in [0.1, 0.15) is 0 Å². The van der Waals surface area contributed by atoms with Crippen LogP contribution in [0.25, 0.3) is 0 Å². The monoisotopic (exact) mass is 239 g/mol. The second kappa shape index (κ2) is 5.02. The van der Waals surface area contributed by atoms with Gasteiger partial charge in [0.2, 0.25) is 0 Å². The summed E-state index contributed by atoms with van der Waals surface area (Å²) < 4.78 is 18.7. The molecule has 1 aliphatic heterocycles. The van der Waals surface area contributed by atoms with Gasteiger partial charge in [-0.1, -0.05) is 6.07 Å². The van der Waals surface area contributed by atoms with Crippen LogP contribution in [0.3, 0.4) is 0 Å². The minimum atomic E-state index is -0.563. The largest absolute Gasteiger partial charge is 0.505 e. The summed E-state index contributed by atoms with van der Waals surface area (Å²) in [4.78, 5) is 2.17. The Balaban J connectivity index is 2.02. The number of hydrogen-bond donors (Lipinski definition) is 1. The van der Waals surface area contributed by atoms with Gasteiger partial charge in [0.05, 0.1) is 6.10 Å². The fourth-order valence-corrected chi connectivity index (χ4v) is 2.35. The molecule has 0 radical (unpaired) electrons. The molecule has 1 aliphatic rings. The van der Waals surface area contributed by atoms with E-state index in [1.807, 2.05) is 7.05 Å². The van der Waals surface area contributed by atoms with Crippen LogP contribution in [0.1, 0.15) is 18.9 Å².